The lowest BCUT2D eigenvalue weighted by Crippen LogP contribution is -2.23. The summed E-state index contributed by atoms with van der Waals surface area (Å²) in [5.41, 5.74) is 1.77. The first-order valence-electron chi connectivity index (χ1n) is 10.2. The monoisotopic (exact) mass is 497 g/mol. The van der Waals surface area contributed by atoms with Crippen molar-refractivity contribution < 1.29 is 13.6 Å². The molecular formula is C22H26Cl2N3O4P. The van der Waals surface area contributed by atoms with Crippen LogP contribution < -0.4 is 10.9 Å². The second-order valence-corrected chi connectivity index (χ2v) is 9.98. The third kappa shape index (κ3) is 4.82. The van der Waals surface area contributed by atoms with E-state index in [4.69, 9.17) is 32.2 Å². The Kier molecular flexibility index (Phi) is 7.91. The second-order valence-electron chi connectivity index (χ2n) is 7.02. The molecule has 10 heteroatoms. The van der Waals surface area contributed by atoms with E-state index in [2.05, 4.69) is 5.32 Å². The summed E-state index contributed by atoms with van der Waals surface area (Å²) in [6, 6.07) is 14.1. The van der Waals surface area contributed by atoms with E-state index in [1.165, 1.54) is 4.68 Å². The van der Waals surface area contributed by atoms with Gasteiger partial charge in [0.15, 0.2) is 5.78 Å². The highest BCUT2D eigenvalue weighted by Crippen LogP contribution is 2.61. The van der Waals surface area contributed by atoms with Crippen molar-refractivity contribution in [1.82, 2.24) is 9.36 Å². The van der Waals surface area contributed by atoms with Crippen LogP contribution in [0.5, 0.6) is 0 Å². The number of hydrogen-bond donors (Lipinski definition) is 1. The van der Waals surface area contributed by atoms with Gasteiger partial charge in [-0.05, 0) is 45.0 Å². The van der Waals surface area contributed by atoms with Crippen molar-refractivity contribution in [2.75, 3.05) is 18.5 Å². The van der Waals surface area contributed by atoms with E-state index >= 15 is 0 Å². The lowest BCUT2D eigenvalue weighted by Gasteiger charge is -2.28. The Bertz CT molecular complexity index is 1180. The molecule has 0 radical (unpaired) electrons. The number of halogens is 2. The van der Waals surface area contributed by atoms with Crippen molar-refractivity contribution in [1.29, 1.82) is 0 Å². The molecule has 0 fully saturated rings. The molecule has 3 aromatic rings. The van der Waals surface area contributed by atoms with E-state index in [0.717, 1.165) is 0 Å². The molecule has 0 aliphatic heterocycles. The standard InChI is InChI=1S/C22H26Cl2N3O4P/c1-5-30-32(29,31-6-2)21(18-13-12-16(23)14-19(18)24)25-20-15(3)26(4)27(22(20)28)17-10-8-7-9-11-17/h7-14,21,25H,5-6H2,1-4H3. The first-order chi connectivity index (χ1) is 15.2. The van der Waals surface area contributed by atoms with E-state index in [9.17, 15) is 9.36 Å². The predicted molar refractivity (Wildman–Crippen MR) is 129 cm³/mol. The summed E-state index contributed by atoms with van der Waals surface area (Å²) in [6.45, 7) is 5.56. The fourth-order valence-electron chi connectivity index (χ4n) is 3.47. The number of rotatable bonds is 9. The Morgan fingerprint density at radius 3 is 2.25 bits per heavy atom. The quantitative estimate of drug-likeness (QED) is 0.358. The Hall–Kier alpha value is -2.02. The smallest absolute Gasteiger partial charge is 0.357 e. The van der Waals surface area contributed by atoms with Gasteiger partial charge in [0, 0.05) is 22.7 Å². The van der Waals surface area contributed by atoms with Gasteiger partial charge in [0.05, 0.1) is 24.6 Å². The lowest BCUT2D eigenvalue weighted by atomic mass is 10.2. The van der Waals surface area contributed by atoms with Gasteiger partial charge >= 0.3 is 7.60 Å². The number of aromatic nitrogens is 2. The van der Waals surface area contributed by atoms with E-state index in [-0.39, 0.29) is 29.5 Å². The van der Waals surface area contributed by atoms with Gasteiger partial charge in [-0.3, -0.25) is 14.0 Å². The number of para-hydroxylation sites is 1. The molecule has 0 saturated carbocycles. The first kappa shape index (κ1) is 24.6. The Morgan fingerprint density at radius 1 is 1.06 bits per heavy atom. The van der Waals surface area contributed by atoms with E-state index in [1.807, 2.05) is 30.3 Å². The van der Waals surface area contributed by atoms with Crippen LogP contribution in [-0.4, -0.2) is 22.6 Å². The molecule has 0 saturated heterocycles. The largest absolute Gasteiger partial charge is 0.362 e. The van der Waals surface area contributed by atoms with Gasteiger partial charge in [-0.25, -0.2) is 4.68 Å². The fourth-order valence-corrected chi connectivity index (χ4v) is 6.01. The van der Waals surface area contributed by atoms with Gasteiger partial charge in [0.25, 0.3) is 5.56 Å². The number of nitrogens with one attached hydrogen (secondary N) is 1. The van der Waals surface area contributed by atoms with Gasteiger partial charge in [-0.1, -0.05) is 47.5 Å². The van der Waals surface area contributed by atoms with Gasteiger partial charge in [-0.15, -0.1) is 0 Å². The second kappa shape index (κ2) is 10.3. The van der Waals surface area contributed by atoms with Crippen LogP contribution in [0.3, 0.4) is 0 Å². The average Bonchev–Trinajstić information content (AvgIpc) is 2.96. The molecule has 1 aromatic heterocycles. The molecule has 172 valence electrons. The Balaban J connectivity index is 2.18. The van der Waals surface area contributed by atoms with E-state index < -0.39 is 13.4 Å². The Labute approximate surface area is 197 Å². The van der Waals surface area contributed by atoms with Crippen molar-refractivity contribution in [2.24, 2.45) is 7.05 Å². The average molecular weight is 498 g/mol. The molecule has 0 aliphatic rings. The topological polar surface area (TPSA) is 74.5 Å². The molecule has 0 amide bonds. The van der Waals surface area contributed by atoms with Gasteiger partial charge in [-0.2, -0.15) is 0 Å². The van der Waals surface area contributed by atoms with Crippen molar-refractivity contribution in [3.05, 3.63) is 80.2 Å². The lowest BCUT2D eigenvalue weighted by molar-refractivity contribution is 0.214. The summed E-state index contributed by atoms with van der Waals surface area (Å²) in [7, 11) is -1.99. The molecule has 3 rings (SSSR count). The third-order valence-corrected chi connectivity index (χ3v) is 7.86. The molecule has 1 atom stereocenters. The van der Waals surface area contributed by atoms with Crippen molar-refractivity contribution in [2.45, 2.75) is 26.6 Å². The van der Waals surface area contributed by atoms with Gasteiger partial charge < -0.3 is 14.4 Å². The summed E-state index contributed by atoms with van der Waals surface area (Å²) >= 11 is 12.5. The molecule has 1 unspecified atom stereocenters. The summed E-state index contributed by atoms with van der Waals surface area (Å²) in [6.07, 6.45) is 0. The molecule has 0 bridgehead atoms. The Morgan fingerprint density at radius 2 is 1.69 bits per heavy atom. The molecule has 1 N–H and O–H groups in total. The van der Waals surface area contributed by atoms with Gasteiger partial charge in [0.1, 0.15) is 5.69 Å². The summed E-state index contributed by atoms with van der Waals surface area (Å²) in [5.74, 6) is -1.02. The number of benzene rings is 2. The van der Waals surface area contributed by atoms with Crippen LogP contribution in [0.4, 0.5) is 5.69 Å². The third-order valence-electron chi connectivity index (χ3n) is 5.03. The SMILES string of the molecule is CCOP(=O)(OCC)C(Nc1c(C)n(C)n(-c2ccccc2)c1=O)c1ccc(Cl)cc1Cl. The maximum absolute atomic E-state index is 13.8. The van der Waals surface area contributed by atoms with Crippen LogP contribution in [0.1, 0.15) is 30.9 Å². The molecule has 32 heavy (non-hydrogen) atoms. The van der Waals surface area contributed by atoms with Crippen molar-refractivity contribution in [3.8, 4) is 5.69 Å². The molecule has 2 aromatic carbocycles. The minimum atomic E-state index is -3.77. The zero-order valence-electron chi connectivity index (χ0n) is 18.3. The summed E-state index contributed by atoms with van der Waals surface area (Å²) in [5, 5.41) is 3.86. The van der Waals surface area contributed by atoms with Gasteiger partial charge in [0.2, 0.25) is 0 Å². The number of anilines is 1. The number of hydrogen-bond acceptors (Lipinski definition) is 5. The van der Waals surface area contributed by atoms with Crippen molar-refractivity contribution >= 4 is 36.5 Å². The highest BCUT2D eigenvalue weighted by Gasteiger charge is 2.39. The van der Waals surface area contributed by atoms with Crippen LogP contribution in [0.25, 0.3) is 5.69 Å². The highest BCUT2D eigenvalue weighted by molar-refractivity contribution is 7.54. The summed E-state index contributed by atoms with van der Waals surface area (Å²) in [4.78, 5) is 13.4. The van der Waals surface area contributed by atoms with Crippen LogP contribution in [0.2, 0.25) is 10.0 Å². The minimum absolute atomic E-state index is 0.155. The predicted octanol–water partition coefficient (Wildman–Crippen LogP) is 6.17. The van der Waals surface area contributed by atoms with E-state index in [1.54, 1.807) is 50.7 Å². The summed E-state index contributed by atoms with van der Waals surface area (Å²) < 4.78 is 28.3. The van der Waals surface area contributed by atoms with E-state index in [0.29, 0.717) is 22.0 Å². The molecule has 7 nitrogen and oxygen atoms in total. The van der Waals surface area contributed by atoms with Crippen LogP contribution >= 0.6 is 30.8 Å². The maximum Gasteiger partial charge on any atom is 0.357 e. The molecular weight excluding hydrogens is 472 g/mol. The van der Waals surface area contributed by atoms with Crippen LogP contribution in [0.15, 0.2) is 53.3 Å². The fraction of sp³-hybridized carbons (Fsp3) is 0.318. The van der Waals surface area contributed by atoms with Crippen LogP contribution in [-0.2, 0) is 20.7 Å². The highest BCUT2D eigenvalue weighted by atomic mass is 35.5. The zero-order chi connectivity index (χ0) is 23.5. The minimum Gasteiger partial charge on any atom is -0.362 e. The number of nitrogens with zero attached hydrogens (tertiary/aromatic N) is 2. The molecule has 0 aliphatic carbocycles. The first-order valence-corrected chi connectivity index (χ1v) is 12.5. The maximum atomic E-state index is 13.8. The molecule has 0 spiro atoms. The zero-order valence-corrected chi connectivity index (χ0v) is 20.7. The van der Waals surface area contributed by atoms with Crippen molar-refractivity contribution in [3.63, 3.8) is 0 Å². The van der Waals surface area contributed by atoms with Crippen LogP contribution in [0, 0.1) is 6.92 Å². The molecule has 1 heterocycles. The normalized spacial score (nSPS) is 12.7.